The Balaban J connectivity index is 1.89. The van der Waals surface area contributed by atoms with E-state index in [9.17, 15) is 9.18 Å². The number of hydrogen-bond acceptors (Lipinski definition) is 4. The first-order chi connectivity index (χ1) is 10.0. The highest BCUT2D eigenvalue weighted by molar-refractivity contribution is 9.11. The number of hydrogen-bond donors (Lipinski definition) is 1. The van der Waals surface area contributed by atoms with Crippen LogP contribution in [0.4, 0.5) is 9.52 Å². The Labute approximate surface area is 139 Å². The molecule has 0 fully saturated rings. The summed E-state index contributed by atoms with van der Waals surface area (Å²) in [4.78, 5) is 20.5. The van der Waals surface area contributed by atoms with Crippen molar-refractivity contribution >= 4 is 64.5 Å². The first kappa shape index (κ1) is 14.6. The molecule has 0 aliphatic carbocycles. The number of carbonyl (C=O) groups excluding carboxylic acids is 1. The zero-order valence-electron chi connectivity index (χ0n) is 10.2. The van der Waals surface area contributed by atoms with E-state index in [0.29, 0.717) is 19.8 Å². The number of halogens is 3. The Bertz CT molecular complexity index is 853. The van der Waals surface area contributed by atoms with Crippen molar-refractivity contribution < 1.29 is 9.18 Å². The van der Waals surface area contributed by atoms with Crippen LogP contribution in [0.15, 0.2) is 39.4 Å². The smallest absolute Gasteiger partial charge is 0.277 e. The van der Waals surface area contributed by atoms with Crippen LogP contribution in [-0.4, -0.2) is 15.9 Å². The molecule has 0 bridgehead atoms. The van der Waals surface area contributed by atoms with Gasteiger partial charge in [0.05, 0.1) is 14.7 Å². The van der Waals surface area contributed by atoms with E-state index in [-0.39, 0.29) is 17.4 Å². The van der Waals surface area contributed by atoms with E-state index in [1.807, 2.05) is 0 Å². The molecule has 0 saturated heterocycles. The normalized spacial score (nSPS) is 10.8. The van der Waals surface area contributed by atoms with Gasteiger partial charge in [-0.25, -0.2) is 14.4 Å². The highest BCUT2D eigenvalue weighted by atomic mass is 79.9. The number of amides is 1. The molecular weight excluding hydrogens is 425 g/mol. The van der Waals surface area contributed by atoms with Crippen LogP contribution in [0.2, 0.25) is 0 Å². The maximum Gasteiger partial charge on any atom is 0.277 e. The third-order valence-electron chi connectivity index (χ3n) is 2.59. The van der Waals surface area contributed by atoms with Gasteiger partial charge in [-0.1, -0.05) is 11.3 Å². The Morgan fingerprint density at radius 1 is 1.29 bits per heavy atom. The van der Waals surface area contributed by atoms with Gasteiger partial charge in [0.15, 0.2) is 5.13 Å². The number of rotatable bonds is 2. The van der Waals surface area contributed by atoms with Crippen molar-refractivity contribution in [2.75, 3.05) is 5.32 Å². The van der Waals surface area contributed by atoms with Crippen LogP contribution in [-0.2, 0) is 0 Å². The maximum absolute atomic E-state index is 13.1. The summed E-state index contributed by atoms with van der Waals surface area (Å²) in [5.41, 5.74) is 0.892. The Morgan fingerprint density at radius 3 is 2.86 bits per heavy atom. The van der Waals surface area contributed by atoms with Crippen LogP contribution >= 0.6 is 43.2 Å². The lowest BCUT2D eigenvalue weighted by Gasteiger charge is -2.03. The van der Waals surface area contributed by atoms with Crippen molar-refractivity contribution in [2.24, 2.45) is 0 Å². The molecule has 0 radical (unpaired) electrons. The highest BCUT2D eigenvalue weighted by Crippen LogP contribution is 2.27. The fourth-order valence-corrected chi connectivity index (χ4v) is 3.74. The molecule has 2 aromatic heterocycles. The summed E-state index contributed by atoms with van der Waals surface area (Å²) in [5, 5.41) is 3.07. The second kappa shape index (κ2) is 5.78. The quantitative estimate of drug-likeness (QED) is 0.645. The molecule has 0 saturated carbocycles. The minimum absolute atomic E-state index is 0.253. The van der Waals surface area contributed by atoms with Crippen molar-refractivity contribution in [3.63, 3.8) is 0 Å². The van der Waals surface area contributed by atoms with Crippen LogP contribution in [0.3, 0.4) is 0 Å². The van der Waals surface area contributed by atoms with E-state index in [4.69, 9.17) is 0 Å². The molecule has 1 N–H and O–H groups in total. The van der Waals surface area contributed by atoms with Crippen LogP contribution < -0.4 is 5.32 Å². The van der Waals surface area contributed by atoms with Gasteiger partial charge in [0.25, 0.3) is 5.91 Å². The van der Waals surface area contributed by atoms with Crippen molar-refractivity contribution in [3.8, 4) is 0 Å². The summed E-state index contributed by atoms with van der Waals surface area (Å²) < 4.78 is 15.1. The van der Waals surface area contributed by atoms with Crippen molar-refractivity contribution in [1.29, 1.82) is 0 Å². The lowest BCUT2D eigenvalue weighted by molar-refractivity contribution is 0.102. The van der Waals surface area contributed by atoms with E-state index < -0.39 is 0 Å². The monoisotopic (exact) mass is 429 g/mol. The third-order valence-corrected chi connectivity index (χ3v) is 4.57. The summed E-state index contributed by atoms with van der Waals surface area (Å²) in [6.45, 7) is 0. The predicted octanol–water partition coefficient (Wildman–Crippen LogP) is 4.61. The van der Waals surface area contributed by atoms with Crippen molar-refractivity contribution in [1.82, 2.24) is 9.97 Å². The minimum Gasteiger partial charge on any atom is -0.296 e. The van der Waals surface area contributed by atoms with Crippen LogP contribution in [0.1, 0.15) is 10.5 Å². The zero-order chi connectivity index (χ0) is 15.0. The summed E-state index contributed by atoms with van der Waals surface area (Å²) in [6.07, 6.45) is 1.54. The van der Waals surface area contributed by atoms with E-state index in [0.717, 1.165) is 4.47 Å². The number of fused-ring (bicyclic) bond motifs is 1. The average molecular weight is 431 g/mol. The second-order valence-corrected chi connectivity index (χ2v) is 6.87. The molecule has 2 heterocycles. The molecule has 0 unspecified atom stereocenters. The number of anilines is 1. The lowest BCUT2D eigenvalue weighted by Crippen LogP contribution is -2.14. The molecule has 3 rings (SSSR count). The van der Waals surface area contributed by atoms with Crippen LogP contribution in [0, 0.1) is 5.82 Å². The number of aromatic nitrogens is 2. The van der Waals surface area contributed by atoms with E-state index >= 15 is 0 Å². The number of nitrogens with one attached hydrogen (secondary N) is 1. The molecular formula is C13H6Br2FN3OS. The van der Waals surface area contributed by atoms with Gasteiger partial charge >= 0.3 is 0 Å². The van der Waals surface area contributed by atoms with Gasteiger partial charge in [-0.2, -0.15) is 0 Å². The summed E-state index contributed by atoms with van der Waals surface area (Å²) in [6, 6.07) is 6.03. The Morgan fingerprint density at radius 2 is 2.10 bits per heavy atom. The SMILES string of the molecule is O=C(Nc1nc2ccc(F)cc2s1)c1ncc(Br)cc1Br. The first-order valence-electron chi connectivity index (χ1n) is 5.71. The predicted molar refractivity (Wildman–Crippen MR) is 87.2 cm³/mol. The van der Waals surface area contributed by atoms with Crippen LogP contribution in [0.5, 0.6) is 0 Å². The van der Waals surface area contributed by atoms with E-state index in [1.165, 1.54) is 29.7 Å². The number of benzene rings is 1. The number of carbonyl (C=O) groups is 1. The summed E-state index contributed by atoms with van der Waals surface area (Å²) in [5.74, 6) is -0.713. The molecule has 21 heavy (non-hydrogen) atoms. The van der Waals surface area contributed by atoms with Crippen LogP contribution in [0.25, 0.3) is 10.2 Å². The number of thiazole rings is 1. The third kappa shape index (κ3) is 3.12. The van der Waals surface area contributed by atoms with E-state index in [1.54, 1.807) is 12.1 Å². The highest BCUT2D eigenvalue weighted by Gasteiger charge is 2.14. The topological polar surface area (TPSA) is 54.9 Å². The Kier molecular flexibility index (Phi) is 4.01. The molecule has 3 aromatic rings. The minimum atomic E-state index is -0.381. The molecule has 0 aliphatic heterocycles. The molecule has 0 aliphatic rings. The molecule has 0 atom stereocenters. The van der Waals surface area contributed by atoms with Crippen molar-refractivity contribution in [3.05, 3.63) is 50.9 Å². The number of nitrogens with zero attached hydrogens (tertiary/aromatic N) is 2. The van der Waals surface area contributed by atoms with Gasteiger partial charge < -0.3 is 0 Å². The van der Waals surface area contributed by atoms with Gasteiger partial charge in [0, 0.05) is 10.7 Å². The van der Waals surface area contributed by atoms with Gasteiger partial charge in [-0.3, -0.25) is 10.1 Å². The standard InChI is InChI=1S/C13H6Br2FN3OS/c14-6-3-8(15)11(17-5-6)12(20)19-13-18-9-2-1-7(16)4-10(9)21-13/h1-5H,(H,18,19,20). The molecule has 8 heteroatoms. The molecule has 1 amide bonds. The fourth-order valence-electron chi connectivity index (χ4n) is 1.69. The lowest BCUT2D eigenvalue weighted by atomic mass is 10.3. The fraction of sp³-hybridized carbons (Fsp3) is 0. The maximum atomic E-state index is 13.1. The van der Waals surface area contributed by atoms with Gasteiger partial charge in [0.2, 0.25) is 0 Å². The van der Waals surface area contributed by atoms with E-state index in [2.05, 4.69) is 47.1 Å². The molecule has 106 valence electrons. The molecule has 0 spiro atoms. The second-order valence-electron chi connectivity index (χ2n) is 4.07. The molecule has 4 nitrogen and oxygen atoms in total. The van der Waals surface area contributed by atoms with Crippen molar-refractivity contribution in [2.45, 2.75) is 0 Å². The molecule has 1 aromatic carbocycles. The Hall–Kier alpha value is -1.38. The summed E-state index contributed by atoms with van der Waals surface area (Å²) >= 11 is 7.77. The largest absolute Gasteiger partial charge is 0.296 e. The van der Waals surface area contributed by atoms with Gasteiger partial charge in [0.1, 0.15) is 11.5 Å². The van der Waals surface area contributed by atoms with Gasteiger partial charge in [-0.15, -0.1) is 0 Å². The average Bonchev–Trinajstić information content (AvgIpc) is 2.79. The zero-order valence-corrected chi connectivity index (χ0v) is 14.2. The number of pyridine rings is 1. The van der Waals surface area contributed by atoms with Gasteiger partial charge in [-0.05, 0) is 56.1 Å². The summed E-state index contributed by atoms with van der Waals surface area (Å²) in [7, 11) is 0. The first-order valence-corrected chi connectivity index (χ1v) is 8.11.